The van der Waals surface area contributed by atoms with Gasteiger partial charge in [0.25, 0.3) is 5.91 Å². The molecule has 0 bridgehead atoms. The average Bonchev–Trinajstić information content (AvgIpc) is 3.06. The van der Waals surface area contributed by atoms with Gasteiger partial charge in [-0.3, -0.25) is 9.59 Å². The largest absolute Gasteiger partial charge is 0.452 e. The number of halogens is 3. The van der Waals surface area contributed by atoms with Crippen LogP contribution in [0.15, 0.2) is 54.7 Å². The number of carbonyl (C=O) groups excluding carboxylic acids is 3. The fourth-order valence-corrected chi connectivity index (χ4v) is 2.82. The van der Waals surface area contributed by atoms with Gasteiger partial charge in [-0.25, -0.2) is 4.79 Å². The van der Waals surface area contributed by atoms with Crippen LogP contribution >= 0.6 is 0 Å². The molecular formula is C20H15F3N2O4. The maximum absolute atomic E-state index is 13.0. The molecular weight excluding hydrogens is 389 g/mol. The fourth-order valence-electron chi connectivity index (χ4n) is 2.82. The summed E-state index contributed by atoms with van der Waals surface area (Å²) < 4.78 is 45.4. The van der Waals surface area contributed by atoms with Crippen LogP contribution in [0.25, 0.3) is 5.52 Å². The molecule has 0 aliphatic carbocycles. The molecule has 0 fully saturated rings. The Morgan fingerprint density at radius 1 is 1.07 bits per heavy atom. The van der Waals surface area contributed by atoms with Gasteiger partial charge in [0.2, 0.25) is 0 Å². The summed E-state index contributed by atoms with van der Waals surface area (Å²) >= 11 is 0. The summed E-state index contributed by atoms with van der Waals surface area (Å²) in [7, 11) is 0. The zero-order valence-electron chi connectivity index (χ0n) is 15.1. The van der Waals surface area contributed by atoms with Crippen LogP contribution in [0.3, 0.4) is 0 Å². The number of Topliss-reactive ketones (excluding diaryl/α,β-unsaturated/α-hetero) is 1. The van der Waals surface area contributed by atoms with Gasteiger partial charge in [-0.05, 0) is 30.3 Å². The maximum Gasteiger partial charge on any atom is 0.418 e. The SMILES string of the molecule is CC(=O)c1cc(C(=O)OCC(=O)Nc2ccccc2C(F)(F)F)c2ccccn12. The molecule has 9 heteroatoms. The van der Waals surface area contributed by atoms with Crippen molar-refractivity contribution in [1.82, 2.24) is 4.40 Å². The molecule has 2 aromatic heterocycles. The summed E-state index contributed by atoms with van der Waals surface area (Å²) in [6.45, 7) is 0.556. The van der Waals surface area contributed by atoms with E-state index in [1.807, 2.05) is 0 Å². The second kappa shape index (κ2) is 7.78. The average molecular weight is 404 g/mol. The summed E-state index contributed by atoms with van der Waals surface area (Å²) in [5, 5.41) is 2.09. The molecule has 0 atom stereocenters. The maximum atomic E-state index is 13.0. The van der Waals surface area contributed by atoms with E-state index in [4.69, 9.17) is 4.74 Å². The van der Waals surface area contributed by atoms with Gasteiger partial charge in [0.1, 0.15) is 0 Å². The number of benzene rings is 1. The lowest BCUT2D eigenvalue weighted by Gasteiger charge is -2.13. The van der Waals surface area contributed by atoms with Crippen molar-refractivity contribution >= 4 is 28.9 Å². The van der Waals surface area contributed by atoms with Crippen LogP contribution in [-0.4, -0.2) is 28.7 Å². The number of fused-ring (bicyclic) bond motifs is 1. The van der Waals surface area contributed by atoms with Crippen LogP contribution in [0.1, 0.15) is 33.3 Å². The molecule has 3 aromatic rings. The van der Waals surface area contributed by atoms with Crippen molar-refractivity contribution in [2.75, 3.05) is 11.9 Å². The Bertz CT molecular complexity index is 1100. The summed E-state index contributed by atoms with van der Waals surface area (Å²) in [5.41, 5.74) is -0.709. The number of pyridine rings is 1. The molecule has 0 unspecified atom stereocenters. The number of nitrogens with zero attached hydrogens (tertiary/aromatic N) is 1. The Labute approximate surface area is 162 Å². The lowest BCUT2D eigenvalue weighted by molar-refractivity contribution is -0.137. The Morgan fingerprint density at radius 3 is 2.45 bits per heavy atom. The van der Waals surface area contributed by atoms with Gasteiger partial charge in [-0.1, -0.05) is 18.2 Å². The number of ketones is 1. The van der Waals surface area contributed by atoms with Crippen LogP contribution in [0.5, 0.6) is 0 Å². The number of hydrogen-bond acceptors (Lipinski definition) is 4. The van der Waals surface area contributed by atoms with E-state index in [1.165, 1.54) is 29.5 Å². The van der Waals surface area contributed by atoms with Crippen molar-refractivity contribution in [1.29, 1.82) is 0 Å². The van der Waals surface area contributed by atoms with Gasteiger partial charge in [0, 0.05) is 13.1 Å². The van der Waals surface area contributed by atoms with E-state index in [9.17, 15) is 27.6 Å². The number of carbonyl (C=O) groups is 3. The Hall–Kier alpha value is -3.62. The highest BCUT2D eigenvalue weighted by Gasteiger charge is 2.33. The third-order valence-corrected chi connectivity index (χ3v) is 4.10. The van der Waals surface area contributed by atoms with Gasteiger partial charge in [-0.2, -0.15) is 13.2 Å². The molecule has 0 saturated heterocycles. The Kier molecular flexibility index (Phi) is 5.40. The molecule has 0 aliphatic heterocycles. The predicted molar refractivity (Wildman–Crippen MR) is 97.8 cm³/mol. The molecule has 1 amide bonds. The number of ether oxygens (including phenoxy) is 1. The van der Waals surface area contributed by atoms with E-state index < -0.39 is 35.9 Å². The number of nitrogens with one attached hydrogen (secondary N) is 1. The number of esters is 1. The standard InChI is InChI=1S/C20H15F3N2O4/c1-12(26)17-10-13(16-8-4-5-9-25(16)17)19(28)29-11-18(27)24-15-7-3-2-6-14(15)20(21,22)23/h2-10H,11H2,1H3,(H,24,27). The van der Waals surface area contributed by atoms with E-state index in [-0.39, 0.29) is 17.0 Å². The number of amides is 1. The number of aromatic nitrogens is 1. The first kappa shape index (κ1) is 20.1. The molecule has 0 saturated carbocycles. The third kappa shape index (κ3) is 4.29. The van der Waals surface area contributed by atoms with Crippen LogP contribution in [-0.2, 0) is 15.7 Å². The van der Waals surface area contributed by atoms with Crippen LogP contribution in [0.2, 0.25) is 0 Å². The first-order chi connectivity index (χ1) is 13.7. The number of hydrogen-bond donors (Lipinski definition) is 1. The Balaban J connectivity index is 1.73. The van der Waals surface area contributed by atoms with Crippen molar-refractivity contribution in [2.45, 2.75) is 13.1 Å². The second-order valence-corrected chi connectivity index (χ2v) is 6.12. The zero-order chi connectivity index (χ0) is 21.2. The molecule has 3 rings (SSSR count). The first-order valence-electron chi connectivity index (χ1n) is 8.42. The van der Waals surface area contributed by atoms with E-state index in [2.05, 4.69) is 5.32 Å². The summed E-state index contributed by atoms with van der Waals surface area (Å²) in [5.74, 6) is -2.07. The number of rotatable bonds is 5. The molecule has 0 radical (unpaired) electrons. The van der Waals surface area contributed by atoms with Gasteiger partial charge in [0.15, 0.2) is 12.4 Å². The van der Waals surface area contributed by atoms with Crippen molar-refractivity contribution in [3.63, 3.8) is 0 Å². The molecule has 1 N–H and O–H groups in total. The molecule has 29 heavy (non-hydrogen) atoms. The van der Waals surface area contributed by atoms with Crippen LogP contribution < -0.4 is 5.32 Å². The van der Waals surface area contributed by atoms with Gasteiger partial charge >= 0.3 is 12.1 Å². The predicted octanol–water partition coefficient (Wildman–Crippen LogP) is 3.96. The quantitative estimate of drug-likeness (QED) is 0.516. The minimum absolute atomic E-state index is 0.0688. The fraction of sp³-hybridized carbons (Fsp3) is 0.150. The van der Waals surface area contributed by atoms with Gasteiger partial charge < -0.3 is 14.5 Å². The van der Waals surface area contributed by atoms with Crippen molar-refractivity contribution in [3.8, 4) is 0 Å². The van der Waals surface area contributed by atoms with Crippen LogP contribution in [0.4, 0.5) is 18.9 Å². The van der Waals surface area contributed by atoms with Crippen molar-refractivity contribution in [3.05, 3.63) is 71.5 Å². The number of anilines is 1. The highest BCUT2D eigenvalue weighted by Crippen LogP contribution is 2.34. The van der Waals surface area contributed by atoms with E-state index in [1.54, 1.807) is 24.4 Å². The topological polar surface area (TPSA) is 76.9 Å². The highest BCUT2D eigenvalue weighted by molar-refractivity contribution is 6.04. The summed E-state index contributed by atoms with van der Waals surface area (Å²) in [4.78, 5) is 36.1. The van der Waals surface area contributed by atoms with Crippen LogP contribution in [0, 0.1) is 0 Å². The lowest BCUT2D eigenvalue weighted by Crippen LogP contribution is -2.22. The molecule has 2 heterocycles. The van der Waals surface area contributed by atoms with Crippen molar-refractivity contribution < 1.29 is 32.3 Å². The summed E-state index contributed by atoms with van der Waals surface area (Å²) in [6, 6.07) is 10.8. The molecule has 0 spiro atoms. The third-order valence-electron chi connectivity index (χ3n) is 4.10. The second-order valence-electron chi connectivity index (χ2n) is 6.12. The molecule has 0 aliphatic rings. The number of para-hydroxylation sites is 1. The van der Waals surface area contributed by atoms with Gasteiger partial charge in [0.05, 0.1) is 28.0 Å². The highest BCUT2D eigenvalue weighted by atomic mass is 19.4. The monoisotopic (exact) mass is 404 g/mol. The zero-order valence-corrected chi connectivity index (χ0v) is 15.1. The molecule has 150 valence electrons. The normalized spacial score (nSPS) is 11.3. The van der Waals surface area contributed by atoms with E-state index in [0.29, 0.717) is 5.52 Å². The summed E-state index contributed by atoms with van der Waals surface area (Å²) in [6.07, 6.45) is -3.04. The number of alkyl halides is 3. The first-order valence-corrected chi connectivity index (χ1v) is 8.42. The van der Waals surface area contributed by atoms with Crippen molar-refractivity contribution in [2.24, 2.45) is 0 Å². The van der Waals surface area contributed by atoms with Gasteiger partial charge in [-0.15, -0.1) is 0 Å². The van der Waals surface area contributed by atoms with E-state index >= 15 is 0 Å². The Morgan fingerprint density at radius 2 is 1.76 bits per heavy atom. The molecule has 6 nitrogen and oxygen atoms in total. The molecule has 1 aromatic carbocycles. The minimum atomic E-state index is -4.64. The van der Waals surface area contributed by atoms with E-state index in [0.717, 1.165) is 12.1 Å². The lowest BCUT2D eigenvalue weighted by atomic mass is 10.1. The minimum Gasteiger partial charge on any atom is -0.452 e. The smallest absolute Gasteiger partial charge is 0.418 e.